The Bertz CT molecular complexity index is 812. The van der Waals surface area contributed by atoms with Gasteiger partial charge in [0, 0.05) is 11.8 Å². The summed E-state index contributed by atoms with van der Waals surface area (Å²) in [6.45, 7) is 1.95. The standard InChI is InChI=1S/C15H13FN4O/c1-10-8-11(16)5-6-12(10)15(21)17-9-14-19-18-13-4-2-3-7-20(13)14/h2-8H,9H2,1H3,(H,17,21). The number of fused-ring (bicyclic) bond motifs is 1. The number of rotatable bonds is 3. The van der Waals surface area contributed by atoms with Crippen molar-refractivity contribution in [2.75, 3.05) is 0 Å². The highest BCUT2D eigenvalue weighted by Crippen LogP contribution is 2.10. The average Bonchev–Trinajstić information content (AvgIpc) is 2.88. The normalized spacial score (nSPS) is 10.8. The van der Waals surface area contributed by atoms with Crippen molar-refractivity contribution in [3.05, 3.63) is 65.4 Å². The lowest BCUT2D eigenvalue weighted by atomic mass is 10.1. The maximum Gasteiger partial charge on any atom is 0.251 e. The molecule has 1 N–H and O–H groups in total. The number of carbonyl (C=O) groups excluding carboxylic acids is 1. The smallest absolute Gasteiger partial charge is 0.251 e. The fourth-order valence-corrected chi connectivity index (χ4v) is 2.15. The summed E-state index contributed by atoms with van der Waals surface area (Å²) in [6, 6.07) is 9.65. The maximum absolute atomic E-state index is 13.0. The molecule has 0 unspecified atom stereocenters. The molecule has 0 radical (unpaired) electrons. The third kappa shape index (κ3) is 2.60. The number of aromatic nitrogens is 3. The number of hydrogen-bond donors (Lipinski definition) is 1. The Morgan fingerprint density at radius 3 is 2.95 bits per heavy atom. The average molecular weight is 284 g/mol. The molecule has 106 valence electrons. The van der Waals surface area contributed by atoms with Crippen molar-refractivity contribution in [1.82, 2.24) is 19.9 Å². The largest absolute Gasteiger partial charge is 0.345 e. The summed E-state index contributed by atoms with van der Waals surface area (Å²) in [4.78, 5) is 12.1. The van der Waals surface area contributed by atoms with E-state index in [0.29, 0.717) is 17.0 Å². The summed E-state index contributed by atoms with van der Waals surface area (Å²) < 4.78 is 14.8. The summed E-state index contributed by atoms with van der Waals surface area (Å²) >= 11 is 0. The molecule has 0 saturated carbocycles. The third-order valence-corrected chi connectivity index (χ3v) is 3.22. The van der Waals surface area contributed by atoms with E-state index in [1.165, 1.54) is 18.2 Å². The second-order valence-electron chi connectivity index (χ2n) is 4.69. The molecule has 0 saturated heterocycles. The molecule has 6 heteroatoms. The monoisotopic (exact) mass is 284 g/mol. The van der Waals surface area contributed by atoms with Crippen LogP contribution in [0, 0.1) is 12.7 Å². The van der Waals surface area contributed by atoms with Crippen LogP contribution in [0.4, 0.5) is 4.39 Å². The van der Waals surface area contributed by atoms with E-state index in [-0.39, 0.29) is 18.3 Å². The van der Waals surface area contributed by atoms with Crippen LogP contribution in [0.25, 0.3) is 5.65 Å². The van der Waals surface area contributed by atoms with E-state index in [2.05, 4.69) is 15.5 Å². The van der Waals surface area contributed by atoms with E-state index in [1.807, 2.05) is 24.4 Å². The van der Waals surface area contributed by atoms with Crippen molar-refractivity contribution >= 4 is 11.6 Å². The quantitative estimate of drug-likeness (QED) is 0.801. The van der Waals surface area contributed by atoms with Crippen molar-refractivity contribution in [2.45, 2.75) is 13.5 Å². The molecule has 3 rings (SSSR count). The Morgan fingerprint density at radius 1 is 1.29 bits per heavy atom. The van der Waals surface area contributed by atoms with Crippen LogP contribution in [0.5, 0.6) is 0 Å². The molecule has 2 aromatic heterocycles. The summed E-state index contributed by atoms with van der Waals surface area (Å²) in [7, 11) is 0. The van der Waals surface area contributed by atoms with Crippen molar-refractivity contribution < 1.29 is 9.18 Å². The van der Waals surface area contributed by atoms with Crippen LogP contribution >= 0.6 is 0 Å². The fraction of sp³-hybridized carbons (Fsp3) is 0.133. The molecule has 0 spiro atoms. The first-order valence-corrected chi connectivity index (χ1v) is 6.48. The van der Waals surface area contributed by atoms with Crippen LogP contribution in [0.1, 0.15) is 21.7 Å². The SMILES string of the molecule is Cc1cc(F)ccc1C(=O)NCc1nnc2ccccn12. The molecular weight excluding hydrogens is 271 g/mol. The molecular formula is C15H13FN4O. The first kappa shape index (κ1) is 13.2. The molecule has 1 aromatic carbocycles. The van der Waals surface area contributed by atoms with Crippen molar-refractivity contribution in [2.24, 2.45) is 0 Å². The molecule has 0 fully saturated rings. The van der Waals surface area contributed by atoms with Gasteiger partial charge in [-0.1, -0.05) is 6.07 Å². The Hall–Kier alpha value is -2.76. The van der Waals surface area contributed by atoms with E-state index >= 15 is 0 Å². The second-order valence-corrected chi connectivity index (χ2v) is 4.69. The fourth-order valence-electron chi connectivity index (χ4n) is 2.15. The Labute approximate surface area is 120 Å². The summed E-state index contributed by atoms with van der Waals surface area (Å²) in [5.41, 5.74) is 1.77. The first-order chi connectivity index (χ1) is 10.1. The molecule has 0 aliphatic rings. The van der Waals surface area contributed by atoms with Crippen molar-refractivity contribution in [3.63, 3.8) is 0 Å². The summed E-state index contributed by atoms with van der Waals surface area (Å²) in [6.07, 6.45) is 1.83. The van der Waals surface area contributed by atoms with Gasteiger partial charge in [-0.2, -0.15) is 0 Å². The molecule has 21 heavy (non-hydrogen) atoms. The van der Waals surface area contributed by atoms with E-state index in [0.717, 1.165) is 5.65 Å². The van der Waals surface area contributed by atoms with Crippen LogP contribution in [-0.4, -0.2) is 20.5 Å². The molecule has 1 amide bonds. The lowest BCUT2D eigenvalue weighted by Crippen LogP contribution is -2.24. The van der Waals surface area contributed by atoms with E-state index in [1.54, 1.807) is 11.3 Å². The van der Waals surface area contributed by atoms with E-state index in [4.69, 9.17) is 0 Å². The van der Waals surface area contributed by atoms with E-state index in [9.17, 15) is 9.18 Å². The number of nitrogens with one attached hydrogen (secondary N) is 1. The minimum atomic E-state index is -0.354. The van der Waals surface area contributed by atoms with Gasteiger partial charge in [-0.25, -0.2) is 4.39 Å². The highest BCUT2D eigenvalue weighted by atomic mass is 19.1. The van der Waals surface area contributed by atoms with Crippen LogP contribution in [0.15, 0.2) is 42.6 Å². The van der Waals surface area contributed by atoms with Gasteiger partial charge in [0.05, 0.1) is 6.54 Å². The molecule has 0 bridgehead atoms. The third-order valence-electron chi connectivity index (χ3n) is 3.22. The number of hydrogen-bond acceptors (Lipinski definition) is 3. The molecule has 0 aliphatic heterocycles. The van der Waals surface area contributed by atoms with Crippen molar-refractivity contribution in [3.8, 4) is 0 Å². The Morgan fingerprint density at radius 2 is 2.14 bits per heavy atom. The van der Waals surface area contributed by atoms with Crippen molar-refractivity contribution in [1.29, 1.82) is 0 Å². The van der Waals surface area contributed by atoms with Gasteiger partial charge in [-0.15, -0.1) is 10.2 Å². The highest BCUT2D eigenvalue weighted by Gasteiger charge is 2.11. The second kappa shape index (κ2) is 5.32. The predicted octanol–water partition coefficient (Wildman–Crippen LogP) is 2.11. The van der Waals surface area contributed by atoms with Gasteiger partial charge in [0.1, 0.15) is 5.82 Å². The zero-order valence-electron chi connectivity index (χ0n) is 11.4. The number of amides is 1. The van der Waals surface area contributed by atoms with Gasteiger partial charge in [-0.05, 0) is 42.8 Å². The lowest BCUT2D eigenvalue weighted by molar-refractivity contribution is 0.0949. The van der Waals surface area contributed by atoms with Gasteiger partial charge in [0.15, 0.2) is 11.5 Å². The number of halogens is 1. The van der Waals surface area contributed by atoms with Gasteiger partial charge in [0.25, 0.3) is 5.91 Å². The molecule has 5 nitrogen and oxygen atoms in total. The number of carbonyl (C=O) groups is 1. The minimum absolute atomic E-state index is 0.251. The number of benzene rings is 1. The van der Waals surface area contributed by atoms with Crippen LogP contribution in [0.3, 0.4) is 0 Å². The zero-order valence-corrected chi connectivity index (χ0v) is 11.4. The van der Waals surface area contributed by atoms with Gasteiger partial charge in [0.2, 0.25) is 0 Å². The Kier molecular flexibility index (Phi) is 3.35. The number of nitrogens with zero attached hydrogens (tertiary/aromatic N) is 3. The number of aryl methyl sites for hydroxylation is 1. The highest BCUT2D eigenvalue weighted by molar-refractivity contribution is 5.95. The molecule has 2 heterocycles. The topological polar surface area (TPSA) is 59.3 Å². The minimum Gasteiger partial charge on any atom is -0.345 e. The summed E-state index contributed by atoms with van der Waals surface area (Å²) in [5.74, 6) is 0.0198. The van der Waals surface area contributed by atoms with Gasteiger partial charge >= 0.3 is 0 Å². The predicted molar refractivity (Wildman–Crippen MR) is 75.3 cm³/mol. The first-order valence-electron chi connectivity index (χ1n) is 6.48. The van der Waals surface area contributed by atoms with Crippen LogP contribution in [0.2, 0.25) is 0 Å². The maximum atomic E-state index is 13.0. The molecule has 0 atom stereocenters. The van der Waals surface area contributed by atoms with Gasteiger partial charge in [-0.3, -0.25) is 9.20 Å². The zero-order chi connectivity index (χ0) is 14.8. The lowest BCUT2D eigenvalue weighted by Gasteiger charge is -2.07. The number of pyridine rings is 1. The Balaban J connectivity index is 1.77. The summed E-state index contributed by atoms with van der Waals surface area (Å²) in [5, 5.41) is 10.8. The molecule has 0 aliphatic carbocycles. The van der Waals surface area contributed by atoms with Crippen LogP contribution < -0.4 is 5.32 Å². The van der Waals surface area contributed by atoms with Gasteiger partial charge < -0.3 is 5.32 Å². The molecule has 3 aromatic rings. The van der Waals surface area contributed by atoms with Crippen LogP contribution in [-0.2, 0) is 6.54 Å². The van der Waals surface area contributed by atoms with E-state index < -0.39 is 0 Å².